The zero-order chi connectivity index (χ0) is 13.9. The van der Waals surface area contributed by atoms with Crippen LogP contribution in [0.15, 0.2) is 28.7 Å². The number of nitrogens with one attached hydrogen (secondary N) is 1. The van der Waals surface area contributed by atoms with Crippen LogP contribution in [0, 0.1) is 5.92 Å². The first kappa shape index (κ1) is 13.1. The highest BCUT2D eigenvalue weighted by atomic mass is 16.4. The average Bonchev–Trinajstić information content (AvgIpc) is 2.93. The Balaban J connectivity index is 1.88. The van der Waals surface area contributed by atoms with E-state index in [0.717, 1.165) is 19.5 Å². The van der Waals surface area contributed by atoms with Crippen LogP contribution in [0.3, 0.4) is 0 Å². The minimum absolute atomic E-state index is 0.578. The van der Waals surface area contributed by atoms with Gasteiger partial charge in [-0.05, 0) is 30.5 Å². The van der Waals surface area contributed by atoms with E-state index in [1.165, 1.54) is 11.3 Å². The Morgan fingerprint density at radius 1 is 1.35 bits per heavy atom. The Labute approximate surface area is 119 Å². The van der Waals surface area contributed by atoms with Crippen LogP contribution in [0.25, 0.3) is 0 Å². The third-order valence-electron chi connectivity index (χ3n) is 3.56. The van der Waals surface area contributed by atoms with Crippen molar-refractivity contribution in [2.75, 3.05) is 18.0 Å². The number of aromatic nitrogens is 2. The molecule has 0 aliphatic carbocycles. The molecule has 0 amide bonds. The molecule has 0 saturated carbocycles. The predicted octanol–water partition coefficient (Wildman–Crippen LogP) is 2.51. The molecule has 1 aliphatic rings. The molecule has 5 heteroatoms. The molecule has 1 N–H and O–H groups in total. The van der Waals surface area contributed by atoms with E-state index in [2.05, 4.69) is 58.5 Å². The minimum Gasteiger partial charge on any atom is -0.406 e. The van der Waals surface area contributed by atoms with E-state index >= 15 is 0 Å². The maximum atomic E-state index is 5.77. The van der Waals surface area contributed by atoms with Gasteiger partial charge in [-0.1, -0.05) is 37.1 Å². The van der Waals surface area contributed by atoms with Gasteiger partial charge in [-0.3, -0.25) is 4.90 Å². The molecule has 0 spiro atoms. The largest absolute Gasteiger partial charge is 0.406 e. The molecular weight excluding hydrogens is 252 g/mol. The second kappa shape index (κ2) is 5.63. The van der Waals surface area contributed by atoms with Crippen molar-refractivity contribution >= 4 is 11.7 Å². The van der Waals surface area contributed by atoms with Gasteiger partial charge in [0, 0.05) is 12.2 Å². The van der Waals surface area contributed by atoms with Crippen LogP contribution in [0.4, 0.5) is 11.7 Å². The van der Waals surface area contributed by atoms with Gasteiger partial charge in [-0.15, -0.1) is 5.10 Å². The SMILES string of the molecule is CCNCc1nnc(N2CC(C)Cc3ccccc32)o1. The predicted molar refractivity (Wildman–Crippen MR) is 78.0 cm³/mol. The first-order valence-corrected chi connectivity index (χ1v) is 7.16. The molecule has 5 nitrogen and oxygen atoms in total. The second-order valence-electron chi connectivity index (χ2n) is 5.31. The molecular formula is C15H20N4O. The summed E-state index contributed by atoms with van der Waals surface area (Å²) in [5.41, 5.74) is 2.53. The van der Waals surface area contributed by atoms with Crippen molar-refractivity contribution in [3.63, 3.8) is 0 Å². The number of hydrogen-bond donors (Lipinski definition) is 1. The van der Waals surface area contributed by atoms with E-state index in [1.807, 2.05) is 0 Å². The van der Waals surface area contributed by atoms with E-state index in [-0.39, 0.29) is 0 Å². The summed E-state index contributed by atoms with van der Waals surface area (Å²) in [5.74, 6) is 1.21. The summed E-state index contributed by atoms with van der Waals surface area (Å²) in [6.45, 7) is 6.73. The van der Waals surface area contributed by atoms with E-state index in [0.29, 0.717) is 24.4 Å². The van der Waals surface area contributed by atoms with E-state index < -0.39 is 0 Å². The van der Waals surface area contributed by atoms with Crippen molar-refractivity contribution in [1.82, 2.24) is 15.5 Å². The van der Waals surface area contributed by atoms with E-state index in [4.69, 9.17) is 4.42 Å². The van der Waals surface area contributed by atoms with Crippen molar-refractivity contribution in [1.29, 1.82) is 0 Å². The lowest BCUT2D eigenvalue weighted by Gasteiger charge is -2.31. The molecule has 2 heterocycles. The molecule has 0 bridgehead atoms. The van der Waals surface area contributed by atoms with Crippen LogP contribution >= 0.6 is 0 Å². The summed E-state index contributed by atoms with van der Waals surface area (Å²) in [6.07, 6.45) is 1.10. The Morgan fingerprint density at radius 3 is 3.05 bits per heavy atom. The van der Waals surface area contributed by atoms with Gasteiger partial charge < -0.3 is 9.73 Å². The van der Waals surface area contributed by atoms with Crippen LogP contribution in [0.2, 0.25) is 0 Å². The van der Waals surface area contributed by atoms with Crippen molar-refractivity contribution in [3.8, 4) is 0 Å². The molecule has 0 radical (unpaired) electrons. The highest BCUT2D eigenvalue weighted by molar-refractivity contribution is 5.62. The smallest absolute Gasteiger partial charge is 0.322 e. The molecule has 1 atom stereocenters. The zero-order valence-corrected chi connectivity index (χ0v) is 12.0. The second-order valence-corrected chi connectivity index (χ2v) is 5.31. The van der Waals surface area contributed by atoms with Gasteiger partial charge in [0.2, 0.25) is 5.89 Å². The number of nitrogens with zero attached hydrogens (tertiary/aromatic N) is 3. The van der Waals surface area contributed by atoms with Gasteiger partial charge in [0.15, 0.2) is 0 Å². The Kier molecular flexibility index (Phi) is 3.69. The molecule has 20 heavy (non-hydrogen) atoms. The first-order valence-electron chi connectivity index (χ1n) is 7.16. The number of hydrogen-bond acceptors (Lipinski definition) is 5. The van der Waals surface area contributed by atoms with Crippen molar-refractivity contribution in [2.45, 2.75) is 26.8 Å². The molecule has 0 saturated heterocycles. The van der Waals surface area contributed by atoms with Crippen LogP contribution in [0.1, 0.15) is 25.3 Å². The molecule has 0 fully saturated rings. The van der Waals surface area contributed by atoms with Crippen LogP contribution in [-0.4, -0.2) is 23.3 Å². The van der Waals surface area contributed by atoms with Gasteiger partial charge in [0.05, 0.1) is 6.54 Å². The maximum Gasteiger partial charge on any atom is 0.322 e. The lowest BCUT2D eigenvalue weighted by molar-refractivity contribution is 0.458. The van der Waals surface area contributed by atoms with Crippen LogP contribution in [0.5, 0.6) is 0 Å². The molecule has 1 aromatic heterocycles. The molecule has 1 unspecified atom stereocenters. The molecule has 3 rings (SSSR count). The quantitative estimate of drug-likeness (QED) is 0.926. The van der Waals surface area contributed by atoms with Crippen molar-refractivity contribution < 1.29 is 4.42 Å². The fraction of sp³-hybridized carbons (Fsp3) is 0.467. The Morgan fingerprint density at radius 2 is 2.20 bits per heavy atom. The Hall–Kier alpha value is -1.88. The van der Waals surface area contributed by atoms with Gasteiger partial charge in [-0.25, -0.2) is 0 Å². The lowest BCUT2D eigenvalue weighted by Crippen LogP contribution is -2.30. The number of rotatable bonds is 4. The van der Waals surface area contributed by atoms with Crippen LogP contribution in [-0.2, 0) is 13.0 Å². The van der Waals surface area contributed by atoms with Gasteiger partial charge in [-0.2, -0.15) is 0 Å². The van der Waals surface area contributed by atoms with E-state index in [1.54, 1.807) is 0 Å². The minimum atomic E-state index is 0.578. The topological polar surface area (TPSA) is 54.2 Å². The summed E-state index contributed by atoms with van der Waals surface area (Å²) in [4.78, 5) is 2.13. The Bertz CT molecular complexity index is 581. The third kappa shape index (κ3) is 2.54. The molecule has 2 aromatic rings. The number of para-hydroxylation sites is 1. The normalized spacial score (nSPS) is 18.1. The number of benzene rings is 1. The standard InChI is InChI=1S/C15H20N4O/c1-3-16-9-14-17-18-15(20-14)19-10-11(2)8-12-6-4-5-7-13(12)19/h4-7,11,16H,3,8-10H2,1-2H3. The molecule has 1 aromatic carbocycles. The van der Waals surface area contributed by atoms with Gasteiger partial charge >= 0.3 is 6.01 Å². The monoisotopic (exact) mass is 272 g/mol. The highest BCUT2D eigenvalue weighted by Gasteiger charge is 2.26. The summed E-state index contributed by atoms with van der Waals surface area (Å²) >= 11 is 0. The van der Waals surface area contributed by atoms with Gasteiger partial charge in [0.1, 0.15) is 0 Å². The molecule has 106 valence electrons. The molecule has 1 aliphatic heterocycles. The number of anilines is 2. The zero-order valence-electron chi connectivity index (χ0n) is 12.0. The average molecular weight is 272 g/mol. The fourth-order valence-corrected chi connectivity index (χ4v) is 2.64. The summed E-state index contributed by atoms with van der Waals surface area (Å²) in [6, 6.07) is 9.03. The van der Waals surface area contributed by atoms with Crippen molar-refractivity contribution in [3.05, 3.63) is 35.7 Å². The lowest BCUT2D eigenvalue weighted by atomic mass is 9.94. The van der Waals surface area contributed by atoms with Crippen molar-refractivity contribution in [2.24, 2.45) is 5.92 Å². The third-order valence-corrected chi connectivity index (χ3v) is 3.56. The summed E-state index contributed by atoms with van der Waals surface area (Å²) < 4.78 is 5.77. The highest BCUT2D eigenvalue weighted by Crippen LogP contribution is 2.34. The van der Waals surface area contributed by atoms with Crippen LogP contribution < -0.4 is 10.2 Å². The first-order chi connectivity index (χ1) is 9.78. The summed E-state index contributed by atoms with van der Waals surface area (Å²) in [7, 11) is 0. The fourth-order valence-electron chi connectivity index (χ4n) is 2.64. The van der Waals surface area contributed by atoms with E-state index in [9.17, 15) is 0 Å². The maximum absolute atomic E-state index is 5.77. The summed E-state index contributed by atoms with van der Waals surface area (Å²) in [5, 5.41) is 11.5. The number of fused-ring (bicyclic) bond motifs is 1. The van der Waals surface area contributed by atoms with Gasteiger partial charge in [0.25, 0.3) is 0 Å².